The van der Waals surface area contributed by atoms with Crippen molar-refractivity contribution in [1.29, 1.82) is 0 Å². The molecule has 3 N–H and O–H groups in total. The monoisotopic (exact) mass is 241 g/mol. The third kappa shape index (κ3) is 2.82. The van der Waals surface area contributed by atoms with E-state index in [1.165, 1.54) is 37.4 Å². The van der Waals surface area contributed by atoms with Crippen molar-refractivity contribution in [1.82, 2.24) is 0 Å². The number of nitrogens with zero attached hydrogens (tertiary/aromatic N) is 1. The first-order chi connectivity index (χ1) is 7.25. The van der Waals surface area contributed by atoms with Crippen molar-refractivity contribution < 1.29 is 0 Å². The van der Waals surface area contributed by atoms with Gasteiger partial charge in [0.05, 0.1) is 10.0 Å². The lowest BCUT2D eigenvalue weighted by Gasteiger charge is -2.27. The van der Waals surface area contributed by atoms with E-state index in [0.717, 1.165) is 5.00 Å². The number of piperidine rings is 1. The summed E-state index contributed by atoms with van der Waals surface area (Å²) in [5.41, 5.74) is 5.43. The van der Waals surface area contributed by atoms with Crippen molar-refractivity contribution in [3.63, 3.8) is 0 Å². The summed E-state index contributed by atoms with van der Waals surface area (Å²) in [7, 11) is 0. The molecule has 2 heterocycles. The molecular formula is C10H15N3S2. The largest absolute Gasteiger partial charge is 0.376 e. The zero-order valence-electron chi connectivity index (χ0n) is 8.53. The van der Waals surface area contributed by atoms with Gasteiger partial charge in [-0.2, -0.15) is 0 Å². The maximum absolute atomic E-state index is 5.43. The lowest BCUT2D eigenvalue weighted by atomic mass is 10.1. The fourth-order valence-corrected chi connectivity index (χ4v) is 2.95. The molecule has 1 fully saturated rings. The molecule has 0 bridgehead atoms. The van der Waals surface area contributed by atoms with E-state index in [1.54, 1.807) is 11.3 Å². The van der Waals surface area contributed by atoms with Crippen molar-refractivity contribution in [2.75, 3.05) is 23.3 Å². The van der Waals surface area contributed by atoms with E-state index in [1.807, 2.05) is 6.07 Å². The van der Waals surface area contributed by atoms with Gasteiger partial charge in [-0.25, -0.2) is 0 Å². The summed E-state index contributed by atoms with van der Waals surface area (Å²) < 4.78 is 0. The summed E-state index contributed by atoms with van der Waals surface area (Å²) in [4.78, 5) is 2.43. The minimum absolute atomic E-state index is 0.335. The first-order valence-electron chi connectivity index (χ1n) is 5.17. The van der Waals surface area contributed by atoms with Gasteiger partial charge < -0.3 is 16.0 Å². The maximum atomic E-state index is 5.43. The fraction of sp³-hybridized carbons (Fsp3) is 0.500. The molecule has 0 atom stereocenters. The molecule has 1 saturated heterocycles. The highest BCUT2D eigenvalue weighted by Crippen LogP contribution is 2.31. The first kappa shape index (κ1) is 10.7. The molecule has 0 aromatic carbocycles. The molecule has 82 valence electrons. The van der Waals surface area contributed by atoms with Gasteiger partial charge in [-0.15, -0.1) is 11.3 Å². The molecule has 2 rings (SSSR count). The van der Waals surface area contributed by atoms with Gasteiger partial charge in [-0.1, -0.05) is 0 Å². The number of hydrogen-bond donors (Lipinski definition) is 2. The normalized spacial score (nSPS) is 16.4. The van der Waals surface area contributed by atoms with Gasteiger partial charge in [0.2, 0.25) is 0 Å². The predicted molar refractivity (Wildman–Crippen MR) is 70.8 cm³/mol. The van der Waals surface area contributed by atoms with Gasteiger partial charge in [0, 0.05) is 13.1 Å². The second-order valence-electron chi connectivity index (χ2n) is 3.67. The Hall–Kier alpha value is -0.810. The molecule has 0 saturated carbocycles. The van der Waals surface area contributed by atoms with Crippen LogP contribution in [0.1, 0.15) is 19.3 Å². The van der Waals surface area contributed by atoms with Crippen molar-refractivity contribution in [2.45, 2.75) is 19.3 Å². The van der Waals surface area contributed by atoms with Crippen molar-refractivity contribution in [3.8, 4) is 0 Å². The van der Waals surface area contributed by atoms with Gasteiger partial charge >= 0.3 is 0 Å². The highest BCUT2D eigenvalue weighted by molar-refractivity contribution is 7.80. The molecule has 1 aliphatic heterocycles. The lowest BCUT2D eigenvalue weighted by molar-refractivity contribution is 0.580. The number of anilines is 2. The lowest BCUT2D eigenvalue weighted by Crippen LogP contribution is -2.28. The van der Waals surface area contributed by atoms with Crippen LogP contribution in [0.3, 0.4) is 0 Å². The Bertz CT molecular complexity index is 342. The van der Waals surface area contributed by atoms with Gasteiger partial charge in [0.25, 0.3) is 0 Å². The minimum Gasteiger partial charge on any atom is -0.376 e. The van der Waals surface area contributed by atoms with E-state index < -0.39 is 0 Å². The Kier molecular flexibility index (Phi) is 3.43. The van der Waals surface area contributed by atoms with Gasteiger partial charge in [-0.05, 0) is 43.6 Å². The Morgan fingerprint density at radius 2 is 2.07 bits per heavy atom. The number of nitrogens with two attached hydrogens (primary N) is 1. The summed E-state index contributed by atoms with van der Waals surface area (Å²) in [6.07, 6.45) is 3.96. The average molecular weight is 241 g/mol. The third-order valence-electron chi connectivity index (χ3n) is 2.51. The number of hydrogen-bond acceptors (Lipinski definition) is 3. The molecule has 0 unspecified atom stereocenters. The van der Waals surface area contributed by atoms with Crippen LogP contribution in [0.5, 0.6) is 0 Å². The van der Waals surface area contributed by atoms with Crippen LogP contribution >= 0.6 is 23.6 Å². The SMILES string of the molecule is NC(=S)Nc1ccc(N2CCCCC2)s1. The van der Waals surface area contributed by atoms with Crippen LogP contribution in [0.2, 0.25) is 0 Å². The van der Waals surface area contributed by atoms with E-state index in [9.17, 15) is 0 Å². The van der Waals surface area contributed by atoms with Crippen LogP contribution < -0.4 is 16.0 Å². The second-order valence-corrected chi connectivity index (χ2v) is 5.18. The topological polar surface area (TPSA) is 41.3 Å². The summed E-state index contributed by atoms with van der Waals surface area (Å²) in [5, 5.41) is 5.64. The summed E-state index contributed by atoms with van der Waals surface area (Å²) in [6.45, 7) is 2.35. The molecule has 3 nitrogen and oxygen atoms in total. The Morgan fingerprint density at radius 3 is 2.73 bits per heavy atom. The Morgan fingerprint density at radius 1 is 1.33 bits per heavy atom. The van der Waals surface area contributed by atoms with Crippen LogP contribution in [-0.4, -0.2) is 18.2 Å². The molecule has 0 radical (unpaired) electrons. The van der Waals surface area contributed by atoms with Crippen molar-refractivity contribution in [2.24, 2.45) is 5.73 Å². The molecule has 0 aliphatic carbocycles. The van der Waals surface area contributed by atoms with E-state index in [0.29, 0.717) is 5.11 Å². The second kappa shape index (κ2) is 4.81. The summed E-state index contributed by atoms with van der Waals surface area (Å²) in [6, 6.07) is 4.17. The van der Waals surface area contributed by atoms with Crippen molar-refractivity contribution >= 4 is 38.7 Å². The zero-order chi connectivity index (χ0) is 10.7. The van der Waals surface area contributed by atoms with Gasteiger partial charge in [0.15, 0.2) is 5.11 Å². The smallest absolute Gasteiger partial charge is 0.168 e. The molecule has 15 heavy (non-hydrogen) atoms. The van der Waals surface area contributed by atoms with Gasteiger partial charge in [0.1, 0.15) is 0 Å². The fourth-order valence-electron chi connectivity index (χ4n) is 1.80. The molecule has 0 spiro atoms. The number of nitrogens with one attached hydrogen (secondary N) is 1. The molecule has 0 amide bonds. The molecule has 5 heteroatoms. The standard InChI is InChI=1S/C10H15N3S2/c11-10(14)12-8-4-5-9(15-8)13-6-2-1-3-7-13/h4-5H,1-3,6-7H2,(H3,11,12,14). The van der Waals surface area contributed by atoms with Crippen LogP contribution in [0, 0.1) is 0 Å². The highest BCUT2D eigenvalue weighted by atomic mass is 32.1. The molecule has 1 aromatic rings. The van der Waals surface area contributed by atoms with E-state index in [2.05, 4.69) is 16.3 Å². The summed E-state index contributed by atoms with van der Waals surface area (Å²) in [5.74, 6) is 0. The Balaban J connectivity index is 2.02. The minimum atomic E-state index is 0.335. The molecular weight excluding hydrogens is 226 g/mol. The number of thiophene rings is 1. The van der Waals surface area contributed by atoms with Crippen LogP contribution in [-0.2, 0) is 0 Å². The quantitative estimate of drug-likeness (QED) is 0.780. The van der Waals surface area contributed by atoms with Gasteiger partial charge in [-0.3, -0.25) is 0 Å². The number of rotatable bonds is 2. The highest BCUT2D eigenvalue weighted by Gasteiger charge is 2.12. The zero-order valence-corrected chi connectivity index (χ0v) is 10.2. The molecule has 1 aromatic heterocycles. The van der Waals surface area contributed by atoms with E-state index in [-0.39, 0.29) is 0 Å². The maximum Gasteiger partial charge on any atom is 0.168 e. The molecule has 1 aliphatic rings. The van der Waals surface area contributed by atoms with E-state index in [4.69, 9.17) is 18.0 Å². The van der Waals surface area contributed by atoms with Crippen LogP contribution in [0.25, 0.3) is 0 Å². The Labute approximate surface area is 99.3 Å². The van der Waals surface area contributed by atoms with Crippen LogP contribution in [0.4, 0.5) is 10.0 Å². The first-order valence-corrected chi connectivity index (χ1v) is 6.39. The van der Waals surface area contributed by atoms with E-state index >= 15 is 0 Å². The average Bonchev–Trinajstić information content (AvgIpc) is 2.67. The number of thiocarbonyl (C=S) groups is 1. The third-order valence-corrected chi connectivity index (χ3v) is 3.67. The predicted octanol–water partition coefficient (Wildman–Crippen LogP) is 2.39. The van der Waals surface area contributed by atoms with Crippen LogP contribution in [0.15, 0.2) is 12.1 Å². The summed E-state index contributed by atoms with van der Waals surface area (Å²) >= 11 is 6.52. The van der Waals surface area contributed by atoms with Crippen molar-refractivity contribution in [3.05, 3.63) is 12.1 Å².